The standard InChI is InChI=1S/C15H24N2O2/c1-17-9-3-4-13(11-17)19-15-10-12(7-8-16)5-6-14(15)18-2/h5-6,10,13H,3-4,7-9,11,16H2,1-2H3. The maximum atomic E-state index is 6.13. The minimum Gasteiger partial charge on any atom is -0.493 e. The Bertz CT molecular complexity index is 409. The highest BCUT2D eigenvalue weighted by Crippen LogP contribution is 2.30. The zero-order valence-electron chi connectivity index (χ0n) is 11.9. The molecule has 1 heterocycles. The van der Waals surface area contributed by atoms with Gasteiger partial charge in [-0.25, -0.2) is 0 Å². The molecule has 1 unspecified atom stereocenters. The van der Waals surface area contributed by atoms with Crippen molar-refractivity contribution >= 4 is 0 Å². The molecule has 0 radical (unpaired) electrons. The van der Waals surface area contributed by atoms with E-state index in [9.17, 15) is 0 Å². The van der Waals surface area contributed by atoms with Crippen LogP contribution in [-0.2, 0) is 6.42 Å². The van der Waals surface area contributed by atoms with Crippen LogP contribution >= 0.6 is 0 Å². The van der Waals surface area contributed by atoms with E-state index in [1.807, 2.05) is 12.1 Å². The van der Waals surface area contributed by atoms with E-state index in [1.54, 1.807) is 7.11 Å². The smallest absolute Gasteiger partial charge is 0.161 e. The van der Waals surface area contributed by atoms with Gasteiger partial charge in [0.05, 0.1) is 7.11 Å². The molecule has 2 rings (SSSR count). The summed E-state index contributed by atoms with van der Waals surface area (Å²) >= 11 is 0. The van der Waals surface area contributed by atoms with Crippen LogP contribution in [0.3, 0.4) is 0 Å². The lowest BCUT2D eigenvalue weighted by atomic mass is 10.1. The Balaban J connectivity index is 2.10. The number of nitrogens with zero attached hydrogens (tertiary/aromatic N) is 1. The molecule has 1 aromatic rings. The van der Waals surface area contributed by atoms with Gasteiger partial charge in [0.15, 0.2) is 11.5 Å². The van der Waals surface area contributed by atoms with Crippen molar-refractivity contribution in [2.45, 2.75) is 25.4 Å². The molecule has 1 aromatic carbocycles. The van der Waals surface area contributed by atoms with Crippen molar-refractivity contribution < 1.29 is 9.47 Å². The molecule has 0 saturated carbocycles. The number of nitrogens with two attached hydrogens (primary N) is 1. The second kappa shape index (κ2) is 6.78. The Kier molecular flexibility index (Phi) is 5.05. The fraction of sp³-hybridized carbons (Fsp3) is 0.600. The topological polar surface area (TPSA) is 47.7 Å². The summed E-state index contributed by atoms with van der Waals surface area (Å²) in [6, 6.07) is 6.07. The van der Waals surface area contributed by atoms with E-state index in [-0.39, 0.29) is 6.10 Å². The van der Waals surface area contributed by atoms with E-state index in [2.05, 4.69) is 18.0 Å². The highest BCUT2D eigenvalue weighted by atomic mass is 16.5. The van der Waals surface area contributed by atoms with Crippen LogP contribution in [0.1, 0.15) is 18.4 Å². The van der Waals surface area contributed by atoms with Crippen LogP contribution in [0, 0.1) is 0 Å². The second-order valence-corrected chi connectivity index (χ2v) is 5.17. The van der Waals surface area contributed by atoms with Crippen molar-refractivity contribution in [1.82, 2.24) is 4.90 Å². The molecule has 0 aliphatic carbocycles. The van der Waals surface area contributed by atoms with Gasteiger partial charge in [-0.1, -0.05) is 6.07 Å². The number of likely N-dealkylation sites (N-methyl/N-ethyl adjacent to an activating group) is 1. The molecular weight excluding hydrogens is 240 g/mol. The average molecular weight is 264 g/mol. The number of rotatable bonds is 5. The van der Waals surface area contributed by atoms with E-state index in [0.717, 1.165) is 37.4 Å². The summed E-state index contributed by atoms with van der Waals surface area (Å²) in [6.07, 6.45) is 3.41. The third-order valence-electron chi connectivity index (χ3n) is 3.54. The summed E-state index contributed by atoms with van der Waals surface area (Å²) in [7, 11) is 3.81. The summed E-state index contributed by atoms with van der Waals surface area (Å²) in [6.45, 7) is 2.78. The largest absolute Gasteiger partial charge is 0.493 e. The lowest BCUT2D eigenvalue weighted by Crippen LogP contribution is -2.38. The maximum Gasteiger partial charge on any atom is 0.161 e. The van der Waals surface area contributed by atoms with Gasteiger partial charge < -0.3 is 20.1 Å². The van der Waals surface area contributed by atoms with Crippen molar-refractivity contribution in [2.75, 3.05) is 33.8 Å². The lowest BCUT2D eigenvalue weighted by molar-refractivity contribution is 0.101. The monoisotopic (exact) mass is 264 g/mol. The molecule has 0 bridgehead atoms. The van der Waals surface area contributed by atoms with E-state index in [0.29, 0.717) is 6.54 Å². The summed E-state index contributed by atoms with van der Waals surface area (Å²) in [5.41, 5.74) is 6.80. The molecule has 1 saturated heterocycles. The predicted octanol–water partition coefficient (Wildman–Crippen LogP) is 1.67. The lowest BCUT2D eigenvalue weighted by Gasteiger charge is -2.30. The van der Waals surface area contributed by atoms with E-state index in [1.165, 1.54) is 12.0 Å². The minimum absolute atomic E-state index is 0.251. The van der Waals surface area contributed by atoms with Crippen LogP contribution in [0.15, 0.2) is 18.2 Å². The van der Waals surface area contributed by atoms with Gasteiger partial charge in [0.2, 0.25) is 0 Å². The first-order chi connectivity index (χ1) is 9.22. The van der Waals surface area contributed by atoms with Gasteiger partial charge in [0.1, 0.15) is 6.10 Å². The minimum atomic E-state index is 0.251. The number of piperidine rings is 1. The van der Waals surface area contributed by atoms with E-state index in [4.69, 9.17) is 15.2 Å². The van der Waals surface area contributed by atoms with Crippen LogP contribution in [0.5, 0.6) is 11.5 Å². The molecule has 0 spiro atoms. The Hall–Kier alpha value is -1.26. The van der Waals surface area contributed by atoms with Crippen LogP contribution in [0.2, 0.25) is 0 Å². The van der Waals surface area contributed by atoms with Crippen LogP contribution in [0.25, 0.3) is 0 Å². The third kappa shape index (κ3) is 3.85. The summed E-state index contributed by atoms with van der Waals surface area (Å²) in [4.78, 5) is 2.31. The Labute approximate surface area is 115 Å². The molecule has 1 fully saturated rings. The number of ether oxygens (including phenoxy) is 2. The first-order valence-corrected chi connectivity index (χ1v) is 6.95. The van der Waals surface area contributed by atoms with Crippen LogP contribution < -0.4 is 15.2 Å². The van der Waals surface area contributed by atoms with Gasteiger partial charge in [-0.05, 0) is 57.1 Å². The predicted molar refractivity (Wildman–Crippen MR) is 76.9 cm³/mol. The van der Waals surface area contributed by atoms with Crippen molar-refractivity contribution in [3.05, 3.63) is 23.8 Å². The van der Waals surface area contributed by atoms with Gasteiger partial charge in [0.25, 0.3) is 0 Å². The second-order valence-electron chi connectivity index (χ2n) is 5.17. The quantitative estimate of drug-likeness (QED) is 0.879. The van der Waals surface area contributed by atoms with Gasteiger partial charge >= 0.3 is 0 Å². The van der Waals surface area contributed by atoms with Crippen LogP contribution in [0.4, 0.5) is 0 Å². The molecule has 4 nitrogen and oxygen atoms in total. The average Bonchev–Trinajstić information content (AvgIpc) is 2.39. The number of hydrogen-bond donors (Lipinski definition) is 1. The Morgan fingerprint density at radius 2 is 2.21 bits per heavy atom. The zero-order chi connectivity index (χ0) is 13.7. The summed E-state index contributed by atoms with van der Waals surface area (Å²) < 4.78 is 11.5. The Morgan fingerprint density at radius 3 is 2.89 bits per heavy atom. The Morgan fingerprint density at radius 1 is 1.37 bits per heavy atom. The van der Waals surface area contributed by atoms with Gasteiger partial charge in [-0.15, -0.1) is 0 Å². The molecule has 1 aliphatic rings. The molecule has 1 atom stereocenters. The van der Waals surface area contributed by atoms with E-state index >= 15 is 0 Å². The first-order valence-electron chi connectivity index (χ1n) is 6.95. The molecule has 106 valence electrons. The molecule has 0 aromatic heterocycles. The molecule has 1 aliphatic heterocycles. The van der Waals surface area contributed by atoms with Crippen molar-refractivity contribution in [3.8, 4) is 11.5 Å². The van der Waals surface area contributed by atoms with Gasteiger partial charge in [-0.2, -0.15) is 0 Å². The number of likely N-dealkylation sites (tertiary alicyclic amines) is 1. The highest BCUT2D eigenvalue weighted by molar-refractivity contribution is 5.43. The third-order valence-corrected chi connectivity index (χ3v) is 3.54. The fourth-order valence-corrected chi connectivity index (χ4v) is 2.53. The molecule has 4 heteroatoms. The van der Waals surface area contributed by atoms with Crippen molar-refractivity contribution in [2.24, 2.45) is 5.73 Å². The maximum absolute atomic E-state index is 6.13. The molecule has 2 N–H and O–H groups in total. The summed E-state index contributed by atoms with van der Waals surface area (Å²) in [5, 5.41) is 0. The van der Waals surface area contributed by atoms with E-state index < -0.39 is 0 Å². The number of benzene rings is 1. The fourth-order valence-electron chi connectivity index (χ4n) is 2.53. The molecular formula is C15H24N2O2. The van der Waals surface area contributed by atoms with Crippen molar-refractivity contribution in [3.63, 3.8) is 0 Å². The molecule has 19 heavy (non-hydrogen) atoms. The zero-order valence-corrected chi connectivity index (χ0v) is 11.9. The summed E-state index contributed by atoms with van der Waals surface area (Å²) in [5.74, 6) is 1.64. The highest BCUT2D eigenvalue weighted by Gasteiger charge is 2.20. The van der Waals surface area contributed by atoms with Crippen molar-refractivity contribution in [1.29, 1.82) is 0 Å². The van der Waals surface area contributed by atoms with Gasteiger partial charge in [0, 0.05) is 6.54 Å². The number of methoxy groups -OCH3 is 1. The normalized spacial score (nSPS) is 20.3. The SMILES string of the molecule is COc1ccc(CCN)cc1OC1CCCN(C)C1. The van der Waals surface area contributed by atoms with Gasteiger partial charge in [-0.3, -0.25) is 0 Å². The van der Waals surface area contributed by atoms with Crippen LogP contribution in [-0.4, -0.2) is 44.8 Å². The number of hydrogen-bond acceptors (Lipinski definition) is 4. The molecule has 0 amide bonds. The first kappa shape index (κ1) is 14.2.